The predicted molar refractivity (Wildman–Crippen MR) is 151 cm³/mol. The number of phenols is 1. The molecule has 4 N–H and O–H groups in total. The number of pyridine rings is 1. The fraction of sp³-hybridized carbons (Fsp3) is 0.345. The first-order valence-corrected chi connectivity index (χ1v) is 13.3. The predicted octanol–water partition coefficient (Wildman–Crippen LogP) is 4.41. The summed E-state index contributed by atoms with van der Waals surface area (Å²) in [6.45, 7) is 3.30. The lowest BCUT2D eigenvalue weighted by atomic mass is 10.2. The molecule has 0 radical (unpaired) electrons. The molecule has 1 aliphatic rings. The van der Waals surface area contributed by atoms with Crippen LogP contribution in [0.4, 0.5) is 14.5 Å². The molecule has 2 heterocycles. The zero-order valence-corrected chi connectivity index (χ0v) is 23.5. The van der Waals surface area contributed by atoms with E-state index in [1.807, 2.05) is 30.0 Å². The molecular weight excluding hydrogens is 552 g/mol. The molecule has 42 heavy (non-hydrogen) atoms. The van der Waals surface area contributed by atoms with Crippen molar-refractivity contribution < 1.29 is 37.6 Å². The molecule has 3 aromatic rings. The molecule has 0 amide bonds. The summed E-state index contributed by atoms with van der Waals surface area (Å²) in [5.41, 5.74) is 6.50. The zero-order valence-electron chi connectivity index (χ0n) is 23.5. The highest BCUT2D eigenvalue weighted by atomic mass is 19.1. The van der Waals surface area contributed by atoms with Crippen LogP contribution in [0, 0.1) is 17.0 Å². The number of aromatic nitrogens is 1. The number of hydrogen-bond acceptors (Lipinski definition) is 10. The molecule has 1 fully saturated rings. The Morgan fingerprint density at radius 1 is 1.17 bits per heavy atom. The number of benzene rings is 2. The van der Waals surface area contributed by atoms with E-state index in [4.69, 9.17) is 30.1 Å². The van der Waals surface area contributed by atoms with Crippen LogP contribution in [-0.4, -0.2) is 73.2 Å². The van der Waals surface area contributed by atoms with Gasteiger partial charge >= 0.3 is 5.97 Å². The van der Waals surface area contributed by atoms with Crippen LogP contribution >= 0.6 is 0 Å². The summed E-state index contributed by atoms with van der Waals surface area (Å²) >= 11 is 0. The molecule has 224 valence electrons. The molecule has 1 aromatic heterocycles. The number of carbonyl (C=O) groups excluding carboxylic acids is 1. The third-order valence-electron chi connectivity index (χ3n) is 6.45. The van der Waals surface area contributed by atoms with Gasteiger partial charge in [0.05, 0.1) is 13.0 Å². The molecule has 2 aromatic carbocycles. The second-order valence-electron chi connectivity index (χ2n) is 9.76. The van der Waals surface area contributed by atoms with Gasteiger partial charge in [-0.3, -0.25) is 15.1 Å². The molecule has 11 nitrogen and oxygen atoms in total. The maximum absolute atomic E-state index is 15.7. The second-order valence-corrected chi connectivity index (χ2v) is 9.76. The van der Waals surface area contributed by atoms with Gasteiger partial charge in [-0.25, -0.2) is 0 Å². The number of rotatable bonds is 12. The van der Waals surface area contributed by atoms with E-state index in [0.717, 1.165) is 5.69 Å². The van der Waals surface area contributed by atoms with E-state index in [1.165, 1.54) is 18.2 Å². The minimum Gasteiger partial charge on any atom is -0.504 e. The number of esters is 1. The van der Waals surface area contributed by atoms with Gasteiger partial charge in [-0.2, -0.15) is 13.8 Å². The van der Waals surface area contributed by atoms with Crippen molar-refractivity contribution in [2.24, 2.45) is 5.73 Å². The second kappa shape index (κ2) is 13.3. The number of nitrogen functional groups attached to an aromatic ring is 1. The average Bonchev–Trinajstić information content (AvgIpc) is 3.41. The first kappa shape index (κ1) is 30.3. The van der Waals surface area contributed by atoms with Crippen LogP contribution in [0.15, 0.2) is 42.5 Å². The van der Waals surface area contributed by atoms with Crippen LogP contribution in [0.5, 0.6) is 34.8 Å². The van der Waals surface area contributed by atoms with Gasteiger partial charge in [0.15, 0.2) is 11.5 Å². The third-order valence-corrected chi connectivity index (χ3v) is 6.45. The summed E-state index contributed by atoms with van der Waals surface area (Å²) < 4.78 is 53.5. The minimum absolute atomic E-state index is 0.184. The van der Waals surface area contributed by atoms with Crippen molar-refractivity contribution in [3.8, 4) is 34.8 Å². The molecule has 0 saturated carbocycles. The van der Waals surface area contributed by atoms with E-state index in [9.17, 15) is 9.90 Å². The number of halogens is 2. The monoisotopic (exact) mass is 585 g/mol. The number of hydrogen-bond donors (Lipinski definition) is 3. The van der Waals surface area contributed by atoms with Gasteiger partial charge in [0.25, 0.3) is 11.8 Å². The van der Waals surface area contributed by atoms with Crippen LogP contribution in [0.25, 0.3) is 0 Å². The van der Waals surface area contributed by atoms with Crippen molar-refractivity contribution in [2.45, 2.75) is 25.9 Å². The summed E-state index contributed by atoms with van der Waals surface area (Å²) in [5.74, 6) is -5.60. The lowest BCUT2D eigenvalue weighted by Crippen LogP contribution is -2.28. The summed E-state index contributed by atoms with van der Waals surface area (Å²) in [7, 11) is 3.65. The van der Waals surface area contributed by atoms with E-state index in [-0.39, 0.29) is 47.6 Å². The normalized spacial score (nSPS) is 14.8. The fourth-order valence-electron chi connectivity index (χ4n) is 4.27. The Labute approximate surface area is 241 Å². The summed E-state index contributed by atoms with van der Waals surface area (Å²) in [5, 5.41) is 17.9. The Kier molecular flexibility index (Phi) is 9.63. The number of phenolic OH excluding ortho intramolecular Hbond substituents is 1. The van der Waals surface area contributed by atoms with E-state index in [2.05, 4.69) is 4.98 Å². The van der Waals surface area contributed by atoms with Gasteiger partial charge in [0.1, 0.15) is 17.7 Å². The molecule has 4 rings (SSSR count). The average molecular weight is 586 g/mol. The van der Waals surface area contributed by atoms with E-state index in [0.29, 0.717) is 26.1 Å². The first-order valence-electron chi connectivity index (χ1n) is 13.3. The van der Waals surface area contributed by atoms with Crippen molar-refractivity contribution in [2.75, 3.05) is 45.2 Å². The van der Waals surface area contributed by atoms with Crippen molar-refractivity contribution in [1.29, 1.82) is 5.41 Å². The highest BCUT2D eigenvalue weighted by Gasteiger charge is 2.31. The van der Waals surface area contributed by atoms with Gasteiger partial charge < -0.3 is 34.7 Å². The van der Waals surface area contributed by atoms with Crippen LogP contribution < -0.4 is 24.8 Å². The molecular formula is C29H33F2N5O6. The number of amidine groups is 1. The van der Waals surface area contributed by atoms with Crippen molar-refractivity contribution >= 4 is 17.5 Å². The lowest BCUT2D eigenvalue weighted by Gasteiger charge is -2.19. The third kappa shape index (κ3) is 7.35. The Morgan fingerprint density at radius 2 is 1.90 bits per heavy atom. The summed E-state index contributed by atoms with van der Waals surface area (Å²) in [6.07, 6.45) is 0.0253. The van der Waals surface area contributed by atoms with Gasteiger partial charge in [-0.1, -0.05) is 6.07 Å². The lowest BCUT2D eigenvalue weighted by molar-refractivity contribution is -0.143. The Balaban J connectivity index is 1.65. The molecule has 1 aliphatic heterocycles. The number of nitrogens with two attached hydrogens (primary N) is 1. The molecule has 13 heteroatoms. The van der Waals surface area contributed by atoms with Crippen molar-refractivity contribution in [3.05, 3.63) is 59.7 Å². The topological polar surface area (TPSA) is 143 Å². The molecule has 0 aliphatic carbocycles. The number of nitrogens with zero attached hydrogens (tertiary/aromatic N) is 3. The largest absolute Gasteiger partial charge is 0.504 e. The molecule has 1 unspecified atom stereocenters. The number of anilines is 1. The fourth-order valence-corrected chi connectivity index (χ4v) is 4.27. The molecule has 0 bridgehead atoms. The summed E-state index contributed by atoms with van der Waals surface area (Å²) in [4.78, 5) is 19.4. The number of ether oxygens (including phenoxy) is 4. The quantitative estimate of drug-likeness (QED) is 0.159. The Hall–Kier alpha value is -4.65. The van der Waals surface area contributed by atoms with Crippen LogP contribution in [-0.2, 0) is 9.53 Å². The minimum atomic E-state index is -1.25. The molecule has 1 saturated heterocycles. The molecule has 0 spiro atoms. The van der Waals surface area contributed by atoms with Gasteiger partial charge in [0.2, 0.25) is 17.4 Å². The van der Waals surface area contributed by atoms with Gasteiger partial charge in [-0.15, -0.1) is 0 Å². The van der Waals surface area contributed by atoms with Gasteiger partial charge in [0, 0.05) is 51.0 Å². The van der Waals surface area contributed by atoms with Crippen molar-refractivity contribution in [1.82, 2.24) is 9.88 Å². The first-order chi connectivity index (χ1) is 20.0. The number of likely N-dealkylation sites (tertiary alicyclic amines) is 1. The highest BCUT2D eigenvalue weighted by molar-refractivity contribution is 5.95. The van der Waals surface area contributed by atoms with Crippen molar-refractivity contribution in [3.63, 3.8) is 0 Å². The maximum atomic E-state index is 15.7. The Morgan fingerprint density at radius 3 is 2.60 bits per heavy atom. The van der Waals surface area contributed by atoms with Crippen LogP contribution in [0.2, 0.25) is 0 Å². The highest BCUT2D eigenvalue weighted by Crippen LogP contribution is 2.40. The maximum Gasteiger partial charge on any atom is 0.307 e. The smallest absolute Gasteiger partial charge is 0.307 e. The van der Waals surface area contributed by atoms with Crippen LogP contribution in [0.3, 0.4) is 0 Å². The number of nitrogens with one attached hydrogen (secondary N) is 1. The molecule has 1 atom stereocenters. The standard InChI is InChI=1S/C29H33F2N5O6/c1-4-39-23(38)11-13-36-12-10-20(16-36)40-26-24(30)28(41-19-7-5-6-18(15-19)35(2)3)34-29(25(26)31)42-22-14-17(27(32)33)8-9-21(22)37/h5-9,14-15,20,37H,4,10-13,16H2,1-3H3,(H3,32,33). The SMILES string of the molecule is CCOC(=O)CCN1CCC(Oc2c(F)c(Oc3cccc(N(C)C)c3)nc(Oc3cc(C(=N)N)ccc3O)c2F)C1. The number of aromatic hydroxyl groups is 1. The number of carbonyl (C=O) groups is 1. The van der Waals surface area contributed by atoms with E-state index >= 15 is 8.78 Å². The summed E-state index contributed by atoms with van der Waals surface area (Å²) in [6, 6.07) is 10.6. The zero-order chi connectivity index (χ0) is 30.4. The van der Waals surface area contributed by atoms with Gasteiger partial charge in [-0.05, 0) is 43.7 Å². The van der Waals surface area contributed by atoms with E-state index in [1.54, 1.807) is 25.1 Å². The van der Waals surface area contributed by atoms with Crippen LogP contribution in [0.1, 0.15) is 25.3 Å². The Bertz CT molecular complexity index is 1450. The van der Waals surface area contributed by atoms with E-state index < -0.39 is 35.2 Å².